The van der Waals surface area contributed by atoms with E-state index in [9.17, 15) is 13.2 Å². The molecule has 2 aromatic rings. The topological polar surface area (TPSA) is 75.7 Å². The summed E-state index contributed by atoms with van der Waals surface area (Å²) in [5, 5.41) is 3.17. The number of likely N-dealkylation sites (N-methyl/N-ethyl adjacent to an activating group) is 1. The maximum absolute atomic E-state index is 12.7. The van der Waals surface area contributed by atoms with Gasteiger partial charge in [0, 0.05) is 12.1 Å². The minimum absolute atomic E-state index is 0.115. The van der Waals surface area contributed by atoms with Gasteiger partial charge in [0.05, 0.1) is 24.4 Å². The zero-order valence-corrected chi connectivity index (χ0v) is 15.8. The largest absolute Gasteiger partial charge is 0.495 e. The molecule has 0 unspecified atom stereocenters. The molecule has 1 N–H and O–H groups in total. The van der Waals surface area contributed by atoms with Crippen molar-refractivity contribution in [1.29, 1.82) is 0 Å². The zero-order chi connectivity index (χ0) is 18.6. The summed E-state index contributed by atoms with van der Waals surface area (Å²) < 4.78 is 31.4. The quantitative estimate of drug-likeness (QED) is 0.804. The molecule has 9 heteroatoms. The van der Waals surface area contributed by atoms with Gasteiger partial charge in [0.1, 0.15) is 10.6 Å². The van der Waals surface area contributed by atoms with E-state index >= 15 is 0 Å². The molecule has 1 amide bonds. The fourth-order valence-electron chi connectivity index (χ4n) is 2.06. The van der Waals surface area contributed by atoms with Crippen molar-refractivity contribution in [2.45, 2.75) is 4.90 Å². The molecule has 6 nitrogen and oxygen atoms in total. The second-order valence-corrected chi connectivity index (χ2v) is 7.94. The number of anilines is 1. The Morgan fingerprint density at radius 3 is 2.52 bits per heavy atom. The summed E-state index contributed by atoms with van der Waals surface area (Å²) in [6, 6.07) is 10.9. The average Bonchev–Trinajstić information content (AvgIpc) is 2.56. The molecular formula is C16H16Cl2N2O4S. The van der Waals surface area contributed by atoms with Gasteiger partial charge in [-0.15, -0.1) is 0 Å². The second-order valence-electron chi connectivity index (χ2n) is 5.08. The minimum atomic E-state index is -3.97. The third-order valence-electron chi connectivity index (χ3n) is 3.33. The van der Waals surface area contributed by atoms with Gasteiger partial charge >= 0.3 is 0 Å². The standard InChI is InChI=1S/C16H16Cl2N2O4S/c1-20(10-16(21)19-13-6-4-3-5-12(13)18)25(22,23)15-9-11(17)7-8-14(15)24-2/h3-9H,10H2,1-2H3,(H,19,21). The molecule has 134 valence electrons. The third kappa shape index (κ3) is 4.64. The predicted molar refractivity (Wildman–Crippen MR) is 97.9 cm³/mol. The van der Waals surface area contributed by atoms with E-state index in [2.05, 4.69) is 5.32 Å². The van der Waals surface area contributed by atoms with Crippen LogP contribution in [0.25, 0.3) is 0 Å². The first kappa shape index (κ1) is 19.5. The normalized spacial score (nSPS) is 11.4. The molecular weight excluding hydrogens is 387 g/mol. The van der Waals surface area contributed by atoms with Crippen molar-refractivity contribution in [3.8, 4) is 5.75 Å². The molecule has 2 rings (SSSR count). The minimum Gasteiger partial charge on any atom is -0.495 e. The zero-order valence-electron chi connectivity index (χ0n) is 13.5. The van der Waals surface area contributed by atoms with E-state index in [1.54, 1.807) is 24.3 Å². The van der Waals surface area contributed by atoms with Crippen LogP contribution in [0.4, 0.5) is 5.69 Å². The number of nitrogens with zero attached hydrogens (tertiary/aromatic N) is 1. The summed E-state index contributed by atoms with van der Waals surface area (Å²) in [5.41, 5.74) is 0.403. The summed E-state index contributed by atoms with van der Waals surface area (Å²) in [5.74, 6) is -0.386. The van der Waals surface area contributed by atoms with Gasteiger partial charge < -0.3 is 10.1 Å². The number of sulfonamides is 1. The van der Waals surface area contributed by atoms with Gasteiger partial charge in [-0.2, -0.15) is 4.31 Å². The summed E-state index contributed by atoms with van der Waals surface area (Å²) in [4.78, 5) is 12.0. The van der Waals surface area contributed by atoms with Crippen LogP contribution in [0.1, 0.15) is 0 Å². The molecule has 0 radical (unpaired) electrons. The summed E-state index contributed by atoms with van der Waals surface area (Å²) in [6.45, 7) is -0.400. The highest BCUT2D eigenvalue weighted by Crippen LogP contribution is 2.29. The molecule has 0 fully saturated rings. The second kappa shape index (κ2) is 8.05. The molecule has 0 heterocycles. The van der Waals surface area contributed by atoms with Crippen LogP contribution in [0.15, 0.2) is 47.4 Å². The SMILES string of the molecule is COc1ccc(Cl)cc1S(=O)(=O)N(C)CC(=O)Nc1ccccc1Cl. The van der Waals surface area contributed by atoms with Crippen molar-refractivity contribution in [2.75, 3.05) is 26.0 Å². The van der Waals surface area contributed by atoms with Crippen LogP contribution in [0.2, 0.25) is 10.0 Å². The van der Waals surface area contributed by atoms with E-state index in [0.29, 0.717) is 10.7 Å². The third-order valence-corrected chi connectivity index (χ3v) is 5.72. The molecule has 0 saturated heterocycles. The first-order valence-corrected chi connectivity index (χ1v) is 9.29. The lowest BCUT2D eigenvalue weighted by molar-refractivity contribution is -0.116. The summed E-state index contributed by atoms with van der Waals surface area (Å²) in [6.07, 6.45) is 0. The van der Waals surface area contributed by atoms with E-state index < -0.39 is 22.5 Å². The molecule has 25 heavy (non-hydrogen) atoms. The number of methoxy groups -OCH3 is 1. The van der Waals surface area contributed by atoms with Crippen molar-refractivity contribution in [3.63, 3.8) is 0 Å². The Morgan fingerprint density at radius 1 is 1.20 bits per heavy atom. The van der Waals surface area contributed by atoms with Crippen LogP contribution in [-0.4, -0.2) is 39.3 Å². The summed E-state index contributed by atoms with van der Waals surface area (Å²) in [7, 11) is -1.32. The Labute approximate surface area is 156 Å². The highest BCUT2D eigenvalue weighted by atomic mass is 35.5. The lowest BCUT2D eigenvalue weighted by atomic mass is 10.3. The fourth-order valence-corrected chi connectivity index (χ4v) is 3.78. The van der Waals surface area contributed by atoms with Gasteiger partial charge in [-0.05, 0) is 30.3 Å². The van der Waals surface area contributed by atoms with E-state index in [-0.39, 0.29) is 15.7 Å². The Morgan fingerprint density at radius 2 is 1.88 bits per heavy atom. The van der Waals surface area contributed by atoms with Gasteiger partial charge in [0.25, 0.3) is 0 Å². The van der Waals surface area contributed by atoms with Crippen LogP contribution >= 0.6 is 23.2 Å². The number of para-hydroxylation sites is 1. The number of amides is 1. The van der Waals surface area contributed by atoms with Gasteiger partial charge in [0.15, 0.2) is 0 Å². The van der Waals surface area contributed by atoms with Gasteiger partial charge in [-0.25, -0.2) is 8.42 Å². The van der Waals surface area contributed by atoms with Crippen LogP contribution < -0.4 is 10.1 Å². The molecule has 0 spiro atoms. The predicted octanol–water partition coefficient (Wildman–Crippen LogP) is 3.26. The van der Waals surface area contributed by atoms with Crippen LogP contribution in [-0.2, 0) is 14.8 Å². The Hall–Kier alpha value is -1.80. The van der Waals surface area contributed by atoms with Crippen molar-refractivity contribution >= 4 is 44.8 Å². The number of hydrogen-bond donors (Lipinski definition) is 1. The first-order valence-electron chi connectivity index (χ1n) is 7.10. The molecule has 0 aliphatic heterocycles. The van der Waals surface area contributed by atoms with Crippen molar-refractivity contribution in [3.05, 3.63) is 52.5 Å². The van der Waals surface area contributed by atoms with Crippen LogP contribution in [0.3, 0.4) is 0 Å². The molecule has 0 bridgehead atoms. The van der Waals surface area contributed by atoms with Gasteiger partial charge in [0.2, 0.25) is 15.9 Å². The van der Waals surface area contributed by atoms with E-state index in [4.69, 9.17) is 27.9 Å². The number of nitrogens with one attached hydrogen (secondary N) is 1. The van der Waals surface area contributed by atoms with Gasteiger partial charge in [-0.1, -0.05) is 35.3 Å². The Kier molecular flexibility index (Phi) is 6.29. The number of carbonyl (C=O) groups excluding carboxylic acids is 1. The maximum atomic E-state index is 12.7. The van der Waals surface area contributed by atoms with Crippen LogP contribution in [0, 0.1) is 0 Å². The number of hydrogen-bond acceptors (Lipinski definition) is 4. The van der Waals surface area contributed by atoms with Crippen LogP contribution in [0.5, 0.6) is 5.75 Å². The van der Waals surface area contributed by atoms with Gasteiger partial charge in [-0.3, -0.25) is 4.79 Å². The Balaban J connectivity index is 2.19. The molecule has 0 atom stereocenters. The van der Waals surface area contributed by atoms with E-state index in [1.165, 1.54) is 32.4 Å². The molecule has 0 aliphatic rings. The van der Waals surface area contributed by atoms with Crippen molar-refractivity contribution in [1.82, 2.24) is 4.31 Å². The van der Waals surface area contributed by atoms with Crippen molar-refractivity contribution in [2.24, 2.45) is 0 Å². The number of halogens is 2. The van der Waals surface area contributed by atoms with Crippen molar-refractivity contribution < 1.29 is 17.9 Å². The highest BCUT2D eigenvalue weighted by Gasteiger charge is 2.27. The monoisotopic (exact) mass is 402 g/mol. The summed E-state index contributed by atoms with van der Waals surface area (Å²) >= 11 is 11.9. The number of benzene rings is 2. The maximum Gasteiger partial charge on any atom is 0.247 e. The number of rotatable bonds is 6. The average molecular weight is 403 g/mol. The molecule has 0 aromatic heterocycles. The Bertz CT molecular complexity index is 887. The first-order chi connectivity index (χ1) is 11.8. The molecule has 0 aliphatic carbocycles. The van der Waals surface area contributed by atoms with E-state index in [1.807, 2.05) is 0 Å². The highest BCUT2D eigenvalue weighted by molar-refractivity contribution is 7.89. The molecule has 2 aromatic carbocycles. The number of ether oxygens (including phenoxy) is 1. The lowest BCUT2D eigenvalue weighted by Gasteiger charge is -2.19. The smallest absolute Gasteiger partial charge is 0.247 e. The number of carbonyl (C=O) groups is 1. The lowest BCUT2D eigenvalue weighted by Crippen LogP contribution is -2.35. The molecule has 0 saturated carbocycles. The fraction of sp³-hybridized carbons (Fsp3) is 0.188. The van der Waals surface area contributed by atoms with E-state index in [0.717, 1.165) is 4.31 Å².